The van der Waals surface area contributed by atoms with Crippen LogP contribution in [0.25, 0.3) is 0 Å². The number of benzene rings is 2. The Morgan fingerprint density at radius 2 is 1.71 bits per heavy atom. The third kappa shape index (κ3) is 4.34. The summed E-state index contributed by atoms with van der Waals surface area (Å²) in [4.78, 5) is 25.1. The normalized spacial score (nSPS) is 16.3. The highest BCUT2D eigenvalue weighted by Gasteiger charge is 2.31. The van der Waals surface area contributed by atoms with Gasteiger partial charge in [0.2, 0.25) is 0 Å². The van der Waals surface area contributed by atoms with Crippen molar-refractivity contribution in [3.05, 3.63) is 70.4 Å². The SMILES string of the molecule is CCOc1ccc(C2NC(=O)NC(C)=C2C(=O)Nc2cc(C)cc(C)c2)cc1. The van der Waals surface area contributed by atoms with E-state index in [1.54, 1.807) is 6.92 Å². The van der Waals surface area contributed by atoms with E-state index in [2.05, 4.69) is 16.0 Å². The maximum absolute atomic E-state index is 13.1. The van der Waals surface area contributed by atoms with Gasteiger partial charge in [0.05, 0.1) is 18.2 Å². The van der Waals surface area contributed by atoms with Gasteiger partial charge in [-0.15, -0.1) is 0 Å². The van der Waals surface area contributed by atoms with E-state index in [9.17, 15) is 9.59 Å². The second-order valence-corrected chi connectivity index (χ2v) is 6.90. The third-order valence-corrected chi connectivity index (χ3v) is 4.52. The van der Waals surface area contributed by atoms with E-state index >= 15 is 0 Å². The molecule has 0 aliphatic carbocycles. The van der Waals surface area contributed by atoms with Crippen LogP contribution in [0.3, 0.4) is 0 Å². The molecule has 1 atom stereocenters. The van der Waals surface area contributed by atoms with Gasteiger partial charge in [0.15, 0.2) is 0 Å². The van der Waals surface area contributed by atoms with E-state index < -0.39 is 6.04 Å². The molecule has 2 aromatic carbocycles. The monoisotopic (exact) mass is 379 g/mol. The van der Waals surface area contributed by atoms with Gasteiger partial charge in [0.1, 0.15) is 5.75 Å². The summed E-state index contributed by atoms with van der Waals surface area (Å²) < 4.78 is 5.48. The van der Waals surface area contributed by atoms with Crippen molar-refractivity contribution in [3.8, 4) is 5.75 Å². The van der Waals surface area contributed by atoms with Crippen molar-refractivity contribution in [3.63, 3.8) is 0 Å². The number of anilines is 1. The summed E-state index contributed by atoms with van der Waals surface area (Å²) in [5.74, 6) is 0.488. The molecule has 1 aliphatic heterocycles. The van der Waals surface area contributed by atoms with Crippen molar-refractivity contribution >= 4 is 17.6 Å². The van der Waals surface area contributed by atoms with Crippen LogP contribution in [0.15, 0.2) is 53.7 Å². The molecule has 0 aromatic heterocycles. The molecule has 6 heteroatoms. The van der Waals surface area contributed by atoms with Crippen molar-refractivity contribution in [2.45, 2.75) is 33.7 Å². The molecule has 2 aromatic rings. The lowest BCUT2D eigenvalue weighted by Gasteiger charge is -2.28. The highest BCUT2D eigenvalue weighted by Crippen LogP contribution is 2.29. The zero-order chi connectivity index (χ0) is 20.3. The van der Waals surface area contributed by atoms with Crippen LogP contribution in [-0.4, -0.2) is 18.5 Å². The van der Waals surface area contributed by atoms with Gasteiger partial charge in [0, 0.05) is 11.4 Å². The summed E-state index contributed by atoms with van der Waals surface area (Å²) >= 11 is 0. The molecule has 3 rings (SSSR count). The van der Waals surface area contributed by atoms with Gasteiger partial charge in [-0.25, -0.2) is 4.79 Å². The zero-order valence-electron chi connectivity index (χ0n) is 16.6. The number of aryl methyl sites for hydroxylation is 2. The summed E-state index contributed by atoms with van der Waals surface area (Å²) in [5, 5.41) is 8.50. The lowest BCUT2D eigenvalue weighted by atomic mass is 9.94. The minimum absolute atomic E-state index is 0.256. The molecule has 0 saturated carbocycles. The van der Waals surface area contributed by atoms with Crippen LogP contribution in [0.1, 0.15) is 36.6 Å². The van der Waals surface area contributed by atoms with Crippen LogP contribution < -0.4 is 20.7 Å². The van der Waals surface area contributed by atoms with Crippen molar-refractivity contribution in [2.24, 2.45) is 0 Å². The molecule has 0 bridgehead atoms. The second kappa shape index (κ2) is 8.17. The number of ether oxygens (including phenoxy) is 1. The van der Waals surface area contributed by atoms with Gasteiger partial charge < -0.3 is 20.7 Å². The minimum Gasteiger partial charge on any atom is -0.494 e. The molecule has 1 heterocycles. The third-order valence-electron chi connectivity index (χ3n) is 4.52. The van der Waals surface area contributed by atoms with Crippen molar-refractivity contribution in [1.82, 2.24) is 10.6 Å². The maximum Gasteiger partial charge on any atom is 0.319 e. The van der Waals surface area contributed by atoms with E-state index in [0.29, 0.717) is 17.9 Å². The number of amides is 3. The van der Waals surface area contributed by atoms with Gasteiger partial charge in [-0.1, -0.05) is 18.2 Å². The lowest BCUT2D eigenvalue weighted by molar-refractivity contribution is -0.113. The first kappa shape index (κ1) is 19.5. The van der Waals surface area contributed by atoms with Crippen molar-refractivity contribution < 1.29 is 14.3 Å². The van der Waals surface area contributed by atoms with Crippen LogP contribution in [0.4, 0.5) is 10.5 Å². The molecule has 146 valence electrons. The summed E-state index contributed by atoms with van der Waals surface area (Å²) in [7, 11) is 0. The zero-order valence-corrected chi connectivity index (χ0v) is 16.6. The van der Waals surface area contributed by atoms with Crippen LogP contribution in [-0.2, 0) is 4.79 Å². The quantitative estimate of drug-likeness (QED) is 0.735. The highest BCUT2D eigenvalue weighted by molar-refractivity contribution is 6.06. The molecule has 0 saturated heterocycles. The molecule has 3 amide bonds. The molecule has 1 unspecified atom stereocenters. The number of carbonyl (C=O) groups excluding carboxylic acids is 2. The smallest absolute Gasteiger partial charge is 0.319 e. The molecule has 0 spiro atoms. The van der Waals surface area contributed by atoms with Crippen molar-refractivity contribution in [2.75, 3.05) is 11.9 Å². The number of nitrogens with one attached hydrogen (secondary N) is 3. The first-order valence-electron chi connectivity index (χ1n) is 9.28. The number of allylic oxidation sites excluding steroid dienone is 1. The fourth-order valence-electron chi connectivity index (χ4n) is 3.41. The van der Waals surface area contributed by atoms with E-state index in [1.165, 1.54) is 0 Å². The summed E-state index contributed by atoms with van der Waals surface area (Å²) in [6.45, 7) is 8.20. The van der Waals surface area contributed by atoms with Gasteiger partial charge in [-0.05, 0) is 68.7 Å². The average Bonchev–Trinajstić information content (AvgIpc) is 2.61. The van der Waals surface area contributed by atoms with E-state index in [4.69, 9.17) is 4.74 Å². The van der Waals surface area contributed by atoms with Crippen LogP contribution >= 0.6 is 0 Å². The molecule has 0 radical (unpaired) electrons. The average molecular weight is 379 g/mol. The highest BCUT2D eigenvalue weighted by atomic mass is 16.5. The predicted octanol–water partition coefficient (Wildman–Crippen LogP) is 3.97. The van der Waals surface area contributed by atoms with Gasteiger partial charge >= 0.3 is 6.03 Å². The standard InChI is InChI=1S/C22H25N3O3/c1-5-28-18-8-6-16(7-9-18)20-19(15(4)23-22(27)25-20)21(26)24-17-11-13(2)10-14(3)12-17/h6-12,20H,5H2,1-4H3,(H,24,26)(H2,23,25,27). The van der Waals surface area contributed by atoms with Gasteiger partial charge in [-0.2, -0.15) is 0 Å². The Bertz CT molecular complexity index is 912. The lowest BCUT2D eigenvalue weighted by Crippen LogP contribution is -2.45. The first-order chi connectivity index (χ1) is 13.4. The van der Waals surface area contributed by atoms with Crippen LogP contribution in [0.5, 0.6) is 5.75 Å². The molecular weight excluding hydrogens is 354 g/mol. The Balaban J connectivity index is 1.91. The molecule has 3 N–H and O–H groups in total. The fraction of sp³-hybridized carbons (Fsp3) is 0.273. The molecule has 28 heavy (non-hydrogen) atoms. The maximum atomic E-state index is 13.1. The first-order valence-corrected chi connectivity index (χ1v) is 9.28. The Morgan fingerprint density at radius 1 is 1.07 bits per heavy atom. The van der Waals surface area contributed by atoms with E-state index in [0.717, 1.165) is 28.1 Å². The predicted molar refractivity (Wildman–Crippen MR) is 109 cm³/mol. The summed E-state index contributed by atoms with van der Waals surface area (Å²) in [6.07, 6.45) is 0. The Hall–Kier alpha value is -3.28. The van der Waals surface area contributed by atoms with Gasteiger partial charge in [0.25, 0.3) is 5.91 Å². The number of hydrogen-bond donors (Lipinski definition) is 3. The largest absolute Gasteiger partial charge is 0.494 e. The Labute approximate surface area is 165 Å². The number of urea groups is 1. The molecule has 6 nitrogen and oxygen atoms in total. The van der Waals surface area contributed by atoms with Crippen molar-refractivity contribution in [1.29, 1.82) is 0 Å². The molecular formula is C22H25N3O3. The van der Waals surface area contributed by atoms with Gasteiger partial charge in [-0.3, -0.25) is 4.79 Å². The summed E-state index contributed by atoms with van der Waals surface area (Å²) in [5.41, 5.74) is 4.68. The number of rotatable bonds is 5. The fourth-order valence-corrected chi connectivity index (χ4v) is 3.41. The Morgan fingerprint density at radius 3 is 2.32 bits per heavy atom. The number of carbonyl (C=O) groups is 2. The Kier molecular flexibility index (Phi) is 5.68. The molecule has 1 aliphatic rings. The van der Waals surface area contributed by atoms with E-state index in [1.807, 2.05) is 63.2 Å². The van der Waals surface area contributed by atoms with E-state index in [-0.39, 0.29) is 11.9 Å². The van der Waals surface area contributed by atoms with Crippen LogP contribution in [0, 0.1) is 13.8 Å². The minimum atomic E-state index is -0.546. The second-order valence-electron chi connectivity index (χ2n) is 6.90. The number of hydrogen-bond acceptors (Lipinski definition) is 3. The molecule has 0 fully saturated rings. The van der Waals surface area contributed by atoms with Crippen LogP contribution in [0.2, 0.25) is 0 Å². The topological polar surface area (TPSA) is 79.5 Å². The summed E-state index contributed by atoms with van der Waals surface area (Å²) in [6, 6.07) is 12.4.